The maximum atomic E-state index is 12.9. The Morgan fingerprint density at radius 3 is 2.19 bits per heavy atom. The van der Waals surface area contributed by atoms with Gasteiger partial charge in [-0.3, -0.25) is 4.79 Å². The van der Waals surface area contributed by atoms with Gasteiger partial charge in [0.2, 0.25) is 0 Å². The molecule has 0 atom stereocenters. The molecule has 27 heavy (non-hydrogen) atoms. The quantitative estimate of drug-likeness (QED) is 0.726. The molecule has 0 spiro atoms. The average Bonchev–Trinajstić information content (AvgIpc) is 2.66. The minimum absolute atomic E-state index is 0.279. The van der Waals surface area contributed by atoms with E-state index in [4.69, 9.17) is 9.47 Å². The van der Waals surface area contributed by atoms with Gasteiger partial charge in [0.25, 0.3) is 5.91 Å². The summed E-state index contributed by atoms with van der Waals surface area (Å²) in [7, 11) is 1.51. The van der Waals surface area contributed by atoms with Crippen LogP contribution in [0.15, 0.2) is 24.3 Å². The highest BCUT2D eigenvalue weighted by atomic mass is 19.4. The van der Waals surface area contributed by atoms with Gasteiger partial charge in [0, 0.05) is 52.1 Å². The summed E-state index contributed by atoms with van der Waals surface area (Å²) >= 11 is 0. The Kier molecular flexibility index (Phi) is 7.07. The van der Waals surface area contributed by atoms with Crippen molar-refractivity contribution in [1.82, 2.24) is 10.2 Å². The number of likely N-dealkylation sites (N-methyl/N-ethyl adjacent to an activating group) is 1. The first-order chi connectivity index (χ1) is 12.8. The summed E-state index contributed by atoms with van der Waals surface area (Å²) in [6, 6.07) is 5.26. The maximum Gasteiger partial charge on any atom is 0.416 e. The topological polar surface area (TPSA) is 54.0 Å². The molecule has 1 amide bonds. The van der Waals surface area contributed by atoms with E-state index in [-0.39, 0.29) is 13.2 Å². The van der Waals surface area contributed by atoms with Crippen LogP contribution in [0.2, 0.25) is 0 Å². The number of hydrogen-bond acceptors (Lipinski definition) is 5. The largest absolute Gasteiger partial charge is 0.416 e. The van der Waals surface area contributed by atoms with Crippen molar-refractivity contribution in [2.24, 2.45) is 0 Å². The lowest BCUT2D eigenvalue weighted by Crippen LogP contribution is -2.66. The smallest absolute Gasteiger partial charge is 0.369 e. The van der Waals surface area contributed by atoms with Crippen molar-refractivity contribution in [2.45, 2.75) is 25.9 Å². The zero-order valence-corrected chi connectivity index (χ0v) is 15.8. The lowest BCUT2D eigenvalue weighted by Gasteiger charge is -2.45. The second-order valence-electron chi connectivity index (χ2n) is 6.05. The van der Waals surface area contributed by atoms with Crippen LogP contribution in [0.5, 0.6) is 0 Å². The molecule has 1 fully saturated rings. The number of nitrogens with one attached hydrogen (secondary N) is 1. The zero-order chi connectivity index (χ0) is 20.1. The monoisotopic (exact) mass is 389 g/mol. The van der Waals surface area contributed by atoms with Crippen LogP contribution < -0.4 is 10.2 Å². The van der Waals surface area contributed by atoms with Crippen molar-refractivity contribution in [3.05, 3.63) is 29.8 Å². The summed E-state index contributed by atoms with van der Waals surface area (Å²) in [6.07, 6.45) is -4.38. The Hall–Kier alpha value is -1.84. The molecule has 0 unspecified atom stereocenters. The van der Waals surface area contributed by atoms with Crippen molar-refractivity contribution in [3.63, 3.8) is 0 Å². The third-order valence-electron chi connectivity index (χ3n) is 4.43. The van der Waals surface area contributed by atoms with Gasteiger partial charge < -0.3 is 19.7 Å². The van der Waals surface area contributed by atoms with Crippen LogP contribution in [-0.2, 0) is 20.4 Å². The van der Waals surface area contributed by atoms with Crippen LogP contribution in [0.3, 0.4) is 0 Å². The van der Waals surface area contributed by atoms with Crippen molar-refractivity contribution in [1.29, 1.82) is 0 Å². The van der Waals surface area contributed by atoms with E-state index < -0.39 is 23.6 Å². The standard InChI is InChI=1S/C18H26F3N3O3/c1-4-26-18(27-5-2,16(25)22-3)24-11-9-23(10-12-24)15-8-6-7-14(13-15)17(19,20)21/h6-8,13H,4-5,9-12H2,1-3H3,(H,22,25). The summed E-state index contributed by atoms with van der Waals surface area (Å²) in [5, 5.41) is 2.57. The number of rotatable bonds is 7. The Bertz CT molecular complexity index is 626. The molecule has 0 bridgehead atoms. The number of anilines is 1. The number of hydrogen-bond donors (Lipinski definition) is 1. The number of carbonyl (C=O) groups excluding carboxylic acids is 1. The summed E-state index contributed by atoms with van der Waals surface area (Å²) in [4.78, 5) is 16.1. The highest BCUT2D eigenvalue weighted by Gasteiger charge is 2.47. The van der Waals surface area contributed by atoms with E-state index in [0.717, 1.165) is 12.1 Å². The highest BCUT2D eigenvalue weighted by Crippen LogP contribution is 2.32. The number of piperazine rings is 1. The fourth-order valence-electron chi connectivity index (χ4n) is 3.19. The fraction of sp³-hybridized carbons (Fsp3) is 0.611. The molecule has 0 aromatic heterocycles. The number of amides is 1. The van der Waals surface area contributed by atoms with E-state index >= 15 is 0 Å². The number of benzene rings is 1. The first-order valence-electron chi connectivity index (χ1n) is 8.95. The van der Waals surface area contributed by atoms with Crippen molar-refractivity contribution < 1.29 is 27.4 Å². The minimum Gasteiger partial charge on any atom is -0.369 e. The molecule has 9 heteroatoms. The van der Waals surface area contributed by atoms with Gasteiger partial charge in [-0.15, -0.1) is 0 Å². The predicted octanol–water partition coefficient (Wildman–Crippen LogP) is 2.30. The van der Waals surface area contributed by atoms with Gasteiger partial charge in [0.15, 0.2) is 0 Å². The van der Waals surface area contributed by atoms with E-state index in [1.807, 2.05) is 4.90 Å². The van der Waals surface area contributed by atoms with Gasteiger partial charge in [0.05, 0.1) is 5.56 Å². The normalized spacial score (nSPS) is 16.4. The van der Waals surface area contributed by atoms with Crippen molar-refractivity contribution >= 4 is 11.6 Å². The van der Waals surface area contributed by atoms with E-state index in [1.54, 1.807) is 24.8 Å². The zero-order valence-electron chi connectivity index (χ0n) is 15.8. The molecule has 1 N–H and O–H groups in total. The van der Waals surface area contributed by atoms with E-state index in [1.165, 1.54) is 13.1 Å². The fourth-order valence-corrected chi connectivity index (χ4v) is 3.19. The molecule has 2 rings (SSSR count). The predicted molar refractivity (Wildman–Crippen MR) is 95.3 cm³/mol. The number of nitrogens with zero attached hydrogens (tertiary/aromatic N) is 2. The molecule has 0 radical (unpaired) electrons. The Morgan fingerprint density at radius 1 is 1.11 bits per heavy atom. The molecule has 0 aliphatic carbocycles. The molecule has 6 nitrogen and oxygen atoms in total. The van der Waals surface area contributed by atoms with E-state index in [9.17, 15) is 18.0 Å². The third kappa shape index (κ3) is 4.72. The van der Waals surface area contributed by atoms with E-state index in [0.29, 0.717) is 31.9 Å². The molecular formula is C18H26F3N3O3. The van der Waals surface area contributed by atoms with Crippen LogP contribution >= 0.6 is 0 Å². The number of halogens is 3. The van der Waals surface area contributed by atoms with Crippen LogP contribution in [-0.4, -0.2) is 63.2 Å². The van der Waals surface area contributed by atoms with Gasteiger partial charge in [-0.2, -0.15) is 13.2 Å². The van der Waals surface area contributed by atoms with Gasteiger partial charge in [-0.05, 0) is 32.0 Å². The summed E-state index contributed by atoms with van der Waals surface area (Å²) in [6.45, 7) is 5.81. The van der Waals surface area contributed by atoms with E-state index in [2.05, 4.69) is 5.32 Å². The molecular weight excluding hydrogens is 363 g/mol. The maximum absolute atomic E-state index is 12.9. The van der Waals surface area contributed by atoms with Gasteiger partial charge >= 0.3 is 12.1 Å². The van der Waals surface area contributed by atoms with Crippen LogP contribution in [0, 0.1) is 0 Å². The lowest BCUT2D eigenvalue weighted by molar-refractivity contribution is -0.295. The Balaban J connectivity index is 2.16. The molecule has 1 aromatic carbocycles. The van der Waals surface area contributed by atoms with Crippen molar-refractivity contribution in [2.75, 3.05) is 51.3 Å². The van der Waals surface area contributed by atoms with Crippen LogP contribution in [0.25, 0.3) is 0 Å². The number of carbonyl (C=O) groups is 1. The second kappa shape index (κ2) is 8.90. The lowest BCUT2D eigenvalue weighted by atomic mass is 10.1. The molecule has 0 saturated carbocycles. The molecule has 1 heterocycles. The van der Waals surface area contributed by atoms with Gasteiger partial charge in [-0.1, -0.05) is 6.07 Å². The SMILES string of the molecule is CCOC(OCC)(C(=O)NC)N1CCN(c2cccc(C(F)(F)F)c2)CC1. The van der Waals surface area contributed by atoms with Crippen molar-refractivity contribution in [3.8, 4) is 0 Å². The van der Waals surface area contributed by atoms with Gasteiger partial charge in [0.1, 0.15) is 0 Å². The summed E-state index contributed by atoms with van der Waals surface area (Å²) in [5.41, 5.74) is -0.173. The first kappa shape index (κ1) is 21.5. The molecule has 1 aliphatic heterocycles. The Morgan fingerprint density at radius 2 is 1.70 bits per heavy atom. The molecule has 1 aliphatic rings. The third-order valence-corrected chi connectivity index (χ3v) is 4.43. The number of alkyl halides is 3. The van der Waals surface area contributed by atoms with Crippen LogP contribution in [0.1, 0.15) is 19.4 Å². The second-order valence-corrected chi connectivity index (χ2v) is 6.05. The average molecular weight is 389 g/mol. The summed E-state index contributed by atoms with van der Waals surface area (Å²) in [5.74, 6) is -1.93. The first-order valence-corrected chi connectivity index (χ1v) is 8.95. The minimum atomic E-state index is -4.38. The molecule has 152 valence electrons. The van der Waals surface area contributed by atoms with Crippen LogP contribution in [0.4, 0.5) is 18.9 Å². The molecule has 1 aromatic rings. The summed E-state index contributed by atoms with van der Waals surface area (Å²) < 4.78 is 50.2. The number of ether oxygens (including phenoxy) is 2. The van der Waals surface area contributed by atoms with Gasteiger partial charge in [-0.25, -0.2) is 4.90 Å². The highest BCUT2D eigenvalue weighted by molar-refractivity contribution is 5.83. The molecule has 1 saturated heterocycles. The Labute approximate surface area is 157 Å².